The van der Waals surface area contributed by atoms with Crippen molar-refractivity contribution in [1.82, 2.24) is 0 Å². The summed E-state index contributed by atoms with van der Waals surface area (Å²) in [6.45, 7) is 0. The molecule has 1 saturated carbocycles. The summed E-state index contributed by atoms with van der Waals surface area (Å²) < 4.78 is 36.5. The Morgan fingerprint density at radius 2 is 1.79 bits per heavy atom. The highest BCUT2D eigenvalue weighted by molar-refractivity contribution is 14.1. The van der Waals surface area contributed by atoms with E-state index in [0.717, 1.165) is 25.7 Å². The number of allylic oxidation sites excluding steroid dienone is 2. The molecule has 0 unspecified atom stereocenters. The van der Waals surface area contributed by atoms with Crippen molar-refractivity contribution in [1.29, 1.82) is 0 Å². The molecule has 1 aliphatic carbocycles. The second-order valence-corrected chi connectivity index (χ2v) is 5.19. The van der Waals surface area contributed by atoms with Gasteiger partial charge in [-0.2, -0.15) is 13.2 Å². The predicted molar refractivity (Wildman–Crippen MR) is 59.4 cm³/mol. The summed E-state index contributed by atoms with van der Waals surface area (Å²) in [7, 11) is 0. The first kappa shape index (κ1) is 12.3. The highest BCUT2D eigenvalue weighted by atomic mass is 127. The minimum Gasteiger partial charge on any atom is -0.171 e. The average Bonchev–Trinajstić information content (AvgIpc) is 2.02. The van der Waals surface area contributed by atoms with Crippen LogP contribution in [0.25, 0.3) is 0 Å². The maximum absolute atomic E-state index is 12.0. The van der Waals surface area contributed by atoms with E-state index in [-0.39, 0.29) is 0 Å². The van der Waals surface area contributed by atoms with Gasteiger partial charge in [-0.15, -0.1) is 0 Å². The fraction of sp³-hybridized carbons (Fsp3) is 0.800. The molecule has 0 N–H and O–H groups in total. The largest absolute Gasteiger partial charge is 0.393 e. The Morgan fingerprint density at radius 3 is 2.29 bits per heavy atom. The summed E-state index contributed by atoms with van der Waals surface area (Å²) >= 11 is 1.81. The monoisotopic (exact) mass is 318 g/mol. The summed E-state index contributed by atoms with van der Waals surface area (Å²) in [5.74, 6) is 0.387. The fourth-order valence-corrected chi connectivity index (χ4v) is 2.75. The van der Waals surface area contributed by atoms with E-state index in [4.69, 9.17) is 0 Å². The van der Waals surface area contributed by atoms with Crippen molar-refractivity contribution >= 4 is 22.6 Å². The van der Waals surface area contributed by atoms with Crippen LogP contribution >= 0.6 is 22.6 Å². The zero-order valence-electron chi connectivity index (χ0n) is 7.91. The smallest absolute Gasteiger partial charge is 0.171 e. The van der Waals surface area contributed by atoms with Crippen molar-refractivity contribution in [3.8, 4) is 0 Å². The molecule has 0 atom stereocenters. The van der Waals surface area contributed by atoms with E-state index in [2.05, 4.69) is 0 Å². The van der Waals surface area contributed by atoms with E-state index in [1.807, 2.05) is 28.7 Å². The van der Waals surface area contributed by atoms with Gasteiger partial charge in [0.05, 0.1) is 6.42 Å². The number of halogens is 4. The summed E-state index contributed by atoms with van der Waals surface area (Å²) in [6.07, 6.45) is 2.68. The van der Waals surface area contributed by atoms with Crippen LogP contribution in [0.4, 0.5) is 13.2 Å². The molecule has 1 aliphatic rings. The zero-order valence-corrected chi connectivity index (χ0v) is 10.1. The van der Waals surface area contributed by atoms with Crippen LogP contribution in [0.2, 0.25) is 0 Å². The molecule has 0 aromatic heterocycles. The standard InChI is InChI=1S/C10H14F3I/c11-10(12,13)7-9(14)6-8-4-2-1-3-5-8/h6,8H,1-5,7H2. The lowest BCUT2D eigenvalue weighted by Crippen LogP contribution is -2.08. The van der Waals surface area contributed by atoms with Crippen molar-refractivity contribution in [2.75, 3.05) is 0 Å². The van der Waals surface area contributed by atoms with Crippen LogP contribution in [0.1, 0.15) is 38.5 Å². The normalized spacial score (nSPS) is 21.3. The third-order valence-corrected chi connectivity index (χ3v) is 3.18. The maximum Gasteiger partial charge on any atom is 0.393 e. The van der Waals surface area contributed by atoms with Gasteiger partial charge in [-0.1, -0.05) is 25.3 Å². The number of alkyl halides is 3. The molecule has 0 aromatic rings. The van der Waals surface area contributed by atoms with Crippen LogP contribution < -0.4 is 0 Å². The van der Waals surface area contributed by atoms with Gasteiger partial charge in [0, 0.05) is 0 Å². The Balaban J connectivity index is 2.41. The van der Waals surface area contributed by atoms with E-state index in [1.54, 1.807) is 0 Å². The fourth-order valence-electron chi connectivity index (χ4n) is 1.81. The maximum atomic E-state index is 12.0. The summed E-state index contributed by atoms with van der Waals surface area (Å²) in [5, 5.41) is 0. The third kappa shape index (κ3) is 5.22. The molecule has 4 heteroatoms. The molecule has 0 saturated heterocycles. The summed E-state index contributed by atoms with van der Waals surface area (Å²) in [6, 6.07) is 0. The van der Waals surface area contributed by atoms with Gasteiger partial charge in [0.2, 0.25) is 0 Å². The molecule has 0 aromatic carbocycles. The zero-order chi connectivity index (χ0) is 10.6. The van der Waals surface area contributed by atoms with Gasteiger partial charge < -0.3 is 0 Å². The van der Waals surface area contributed by atoms with Gasteiger partial charge >= 0.3 is 6.18 Å². The lowest BCUT2D eigenvalue weighted by atomic mass is 9.89. The summed E-state index contributed by atoms with van der Waals surface area (Å²) in [4.78, 5) is 0. The van der Waals surface area contributed by atoms with Gasteiger partial charge in [0.15, 0.2) is 0 Å². The SMILES string of the molecule is FC(F)(F)CC(I)=CC1CCCCC1. The van der Waals surface area contributed by atoms with Crippen LogP contribution in [-0.4, -0.2) is 6.18 Å². The van der Waals surface area contributed by atoms with Crippen molar-refractivity contribution < 1.29 is 13.2 Å². The van der Waals surface area contributed by atoms with E-state index >= 15 is 0 Å². The highest BCUT2D eigenvalue weighted by Crippen LogP contribution is 2.32. The Labute approximate surface area is 96.1 Å². The first-order chi connectivity index (χ1) is 6.47. The van der Waals surface area contributed by atoms with Gasteiger partial charge in [-0.25, -0.2) is 0 Å². The van der Waals surface area contributed by atoms with Crippen molar-refractivity contribution in [3.63, 3.8) is 0 Å². The predicted octanol–water partition coefficient (Wildman–Crippen LogP) is 4.84. The minimum atomic E-state index is -4.05. The second-order valence-electron chi connectivity index (χ2n) is 3.80. The highest BCUT2D eigenvalue weighted by Gasteiger charge is 2.28. The van der Waals surface area contributed by atoms with Crippen molar-refractivity contribution in [3.05, 3.63) is 9.66 Å². The van der Waals surface area contributed by atoms with Gasteiger partial charge in [-0.3, -0.25) is 0 Å². The lowest BCUT2D eigenvalue weighted by molar-refractivity contribution is -0.125. The second kappa shape index (κ2) is 5.37. The van der Waals surface area contributed by atoms with Crippen LogP contribution in [0.15, 0.2) is 9.66 Å². The number of rotatable bonds is 2. The number of hydrogen-bond donors (Lipinski definition) is 0. The number of hydrogen-bond acceptors (Lipinski definition) is 0. The van der Waals surface area contributed by atoms with E-state index < -0.39 is 12.6 Å². The van der Waals surface area contributed by atoms with Crippen molar-refractivity contribution in [2.45, 2.75) is 44.7 Å². The first-order valence-electron chi connectivity index (χ1n) is 4.90. The molecule has 0 aliphatic heterocycles. The molecule has 1 fully saturated rings. The molecule has 0 radical (unpaired) electrons. The summed E-state index contributed by atoms with van der Waals surface area (Å²) in [5.41, 5.74) is 0. The molecule has 82 valence electrons. The van der Waals surface area contributed by atoms with Gasteiger partial charge in [-0.05, 0) is 44.9 Å². The molecule has 0 bridgehead atoms. The van der Waals surface area contributed by atoms with Crippen LogP contribution in [0.5, 0.6) is 0 Å². The van der Waals surface area contributed by atoms with Crippen molar-refractivity contribution in [2.24, 2.45) is 5.92 Å². The van der Waals surface area contributed by atoms with E-state index in [1.165, 1.54) is 6.42 Å². The Morgan fingerprint density at radius 1 is 1.21 bits per heavy atom. The minimum absolute atomic E-state index is 0.387. The Bertz CT molecular complexity index is 202. The molecule has 14 heavy (non-hydrogen) atoms. The molecule has 0 spiro atoms. The quantitative estimate of drug-likeness (QED) is 0.639. The Kier molecular flexibility index (Phi) is 4.73. The van der Waals surface area contributed by atoms with Crippen LogP contribution in [0, 0.1) is 5.92 Å². The third-order valence-electron chi connectivity index (χ3n) is 2.44. The topological polar surface area (TPSA) is 0 Å². The Hall–Kier alpha value is 0.260. The van der Waals surface area contributed by atoms with E-state index in [0.29, 0.717) is 9.50 Å². The van der Waals surface area contributed by atoms with Gasteiger partial charge in [0.25, 0.3) is 0 Å². The van der Waals surface area contributed by atoms with Crippen LogP contribution in [-0.2, 0) is 0 Å². The first-order valence-corrected chi connectivity index (χ1v) is 5.98. The molecule has 0 amide bonds. The molecule has 0 nitrogen and oxygen atoms in total. The average molecular weight is 318 g/mol. The molecule has 1 rings (SSSR count). The molecule has 0 heterocycles. The lowest BCUT2D eigenvalue weighted by Gasteiger charge is -2.18. The molecular formula is C10H14F3I. The molecular weight excluding hydrogens is 304 g/mol. The van der Waals surface area contributed by atoms with Crippen LogP contribution in [0.3, 0.4) is 0 Å². The van der Waals surface area contributed by atoms with Gasteiger partial charge in [0.1, 0.15) is 0 Å². The van der Waals surface area contributed by atoms with E-state index in [9.17, 15) is 13.2 Å².